The molecule has 0 N–H and O–H groups in total. The molecule has 27 heavy (non-hydrogen) atoms. The summed E-state index contributed by atoms with van der Waals surface area (Å²) in [4.78, 5) is 38.2. The molecule has 2 aromatic carbocycles. The summed E-state index contributed by atoms with van der Waals surface area (Å²) in [6.45, 7) is 2.20. The molecule has 0 atom stereocenters. The first-order valence-electron chi connectivity index (χ1n) is 8.54. The molecule has 2 aromatic rings. The van der Waals surface area contributed by atoms with Crippen molar-refractivity contribution in [2.75, 3.05) is 37.7 Å². The minimum Gasteiger partial charge on any atom is -0.452 e. The highest BCUT2D eigenvalue weighted by atomic mass is 16.6. The van der Waals surface area contributed by atoms with E-state index in [2.05, 4.69) is 4.90 Å². The van der Waals surface area contributed by atoms with Gasteiger partial charge in [-0.15, -0.1) is 0 Å². The van der Waals surface area contributed by atoms with Crippen LogP contribution in [0.5, 0.6) is 0 Å². The Hall–Kier alpha value is -3.42. The van der Waals surface area contributed by atoms with Gasteiger partial charge >= 0.3 is 5.97 Å². The quantitative estimate of drug-likeness (QED) is 0.455. The number of nitro groups is 1. The van der Waals surface area contributed by atoms with Crippen LogP contribution in [0.2, 0.25) is 0 Å². The van der Waals surface area contributed by atoms with E-state index in [0.29, 0.717) is 26.2 Å². The summed E-state index contributed by atoms with van der Waals surface area (Å²) in [5, 5.41) is 10.6. The summed E-state index contributed by atoms with van der Waals surface area (Å²) in [6.07, 6.45) is 0. The lowest BCUT2D eigenvalue weighted by Crippen LogP contribution is -2.49. The van der Waals surface area contributed by atoms with E-state index in [1.165, 1.54) is 24.3 Å². The van der Waals surface area contributed by atoms with Crippen LogP contribution in [-0.2, 0) is 9.53 Å². The van der Waals surface area contributed by atoms with Crippen LogP contribution in [0.15, 0.2) is 54.6 Å². The van der Waals surface area contributed by atoms with E-state index in [-0.39, 0.29) is 23.8 Å². The summed E-state index contributed by atoms with van der Waals surface area (Å²) >= 11 is 0. The van der Waals surface area contributed by atoms with Gasteiger partial charge in [-0.1, -0.05) is 18.2 Å². The van der Waals surface area contributed by atoms with E-state index in [1.807, 2.05) is 30.3 Å². The maximum absolute atomic E-state index is 12.3. The molecule has 140 valence electrons. The molecule has 8 heteroatoms. The first kappa shape index (κ1) is 18.4. The number of nitro benzene ring substituents is 1. The number of ether oxygens (including phenoxy) is 1. The zero-order valence-corrected chi connectivity index (χ0v) is 14.6. The van der Waals surface area contributed by atoms with Gasteiger partial charge in [0.25, 0.3) is 11.6 Å². The van der Waals surface area contributed by atoms with Crippen LogP contribution in [0.4, 0.5) is 11.4 Å². The van der Waals surface area contributed by atoms with Crippen LogP contribution in [-0.4, -0.2) is 54.5 Å². The van der Waals surface area contributed by atoms with Gasteiger partial charge in [0.15, 0.2) is 6.61 Å². The number of benzene rings is 2. The molecule has 1 fully saturated rings. The van der Waals surface area contributed by atoms with Crippen molar-refractivity contribution in [1.82, 2.24) is 4.90 Å². The molecule has 1 aliphatic heterocycles. The predicted molar refractivity (Wildman–Crippen MR) is 98.6 cm³/mol. The van der Waals surface area contributed by atoms with E-state index in [1.54, 1.807) is 4.90 Å². The second kappa shape index (κ2) is 8.31. The molecule has 0 aliphatic carbocycles. The van der Waals surface area contributed by atoms with Gasteiger partial charge in [0.05, 0.1) is 10.5 Å². The van der Waals surface area contributed by atoms with Gasteiger partial charge in [0.1, 0.15) is 0 Å². The topological polar surface area (TPSA) is 93.0 Å². The van der Waals surface area contributed by atoms with Crippen molar-refractivity contribution in [3.05, 3.63) is 70.3 Å². The number of amides is 1. The standard InChI is InChI=1S/C19H19N3O5/c23-18(14-27-19(24)15-6-8-17(9-7-15)22(25)26)21-12-10-20(11-13-21)16-4-2-1-3-5-16/h1-9H,10-14H2. The molecular weight excluding hydrogens is 350 g/mol. The average molecular weight is 369 g/mol. The smallest absolute Gasteiger partial charge is 0.338 e. The van der Waals surface area contributed by atoms with Gasteiger partial charge in [0, 0.05) is 44.0 Å². The number of carbonyl (C=O) groups excluding carboxylic acids is 2. The van der Waals surface area contributed by atoms with E-state index in [4.69, 9.17) is 4.74 Å². The zero-order chi connectivity index (χ0) is 19.2. The third-order valence-corrected chi connectivity index (χ3v) is 4.39. The summed E-state index contributed by atoms with van der Waals surface area (Å²) in [6, 6.07) is 15.0. The Morgan fingerprint density at radius 1 is 0.963 bits per heavy atom. The van der Waals surface area contributed by atoms with Gasteiger partial charge in [0.2, 0.25) is 0 Å². The first-order valence-corrected chi connectivity index (χ1v) is 8.54. The number of nitrogens with zero attached hydrogens (tertiary/aromatic N) is 3. The van der Waals surface area contributed by atoms with E-state index in [0.717, 1.165) is 5.69 Å². The van der Waals surface area contributed by atoms with Crippen LogP contribution >= 0.6 is 0 Å². The van der Waals surface area contributed by atoms with Crippen molar-refractivity contribution >= 4 is 23.3 Å². The number of anilines is 1. The number of hydrogen-bond acceptors (Lipinski definition) is 6. The highest BCUT2D eigenvalue weighted by molar-refractivity contribution is 5.91. The van der Waals surface area contributed by atoms with Gasteiger partial charge in [-0.2, -0.15) is 0 Å². The van der Waals surface area contributed by atoms with Gasteiger partial charge in [-0.3, -0.25) is 14.9 Å². The summed E-state index contributed by atoms with van der Waals surface area (Å²) in [7, 11) is 0. The molecule has 0 unspecified atom stereocenters. The third kappa shape index (κ3) is 4.60. The van der Waals surface area contributed by atoms with Gasteiger partial charge < -0.3 is 14.5 Å². The lowest BCUT2D eigenvalue weighted by atomic mass is 10.2. The second-order valence-corrected chi connectivity index (χ2v) is 6.08. The van der Waals surface area contributed by atoms with Crippen LogP contribution in [0.1, 0.15) is 10.4 Å². The molecule has 0 radical (unpaired) electrons. The Kier molecular flexibility index (Phi) is 5.65. The number of rotatable bonds is 5. The number of carbonyl (C=O) groups is 2. The van der Waals surface area contributed by atoms with Crippen LogP contribution in [0, 0.1) is 10.1 Å². The van der Waals surface area contributed by atoms with Crippen molar-refractivity contribution in [2.45, 2.75) is 0 Å². The lowest BCUT2D eigenvalue weighted by Gasteiger charge is -2.36. The molecular formula is C19H19N3O5. The third-order valence-electron chi connectivity index (χ3n) is 4.39. The Morgan fingerprint density at radius 3 is 2.19 bits per heavy atom. The van der Waals surface area contributed by atoms with Crippen molar-refractivity contribution in [1.29, 1.82) is 0 Å². The Balaban J connectivity index is 1.47. The molecule has 0 aromatic heterocycles. The lowest BCUT2D eigenvalue weighted by molar-refractivity contribution is -0.384. The van der Waals surface area contributed by atoms with E-state index in [9.17, 15) is 19.7 Å². The SMILES string of the molecule is O=C(OCC(=O)N1CCN(c2ccccc2)CC1)c1ccc([N+](=O)[O-])cc1. The molecule has 1 amide bonds. The number of hydrogen-bond donors (Lipinski definition) is 0. The van der Waals surface area contributed by atoms with Crippen molar-refractivity contribution in [3.8, 4) is 0 Å². The molecule has 1 heterocycles. The normalized spacial score (nSPS) is 13.9. The first-order chi connectivity index (χ1) is 13.0. The molecule has 1 saturated heterocycles. The maximum Gasteiger partial charge on any atom is 0.338 e. The Bertz CT molecular complexity index is 815. The van der Waals surface area contributed by atoms with Crippen LogP contribution < -0.4 is 4.90 Å². The second-order valence-electron chi connectivity index (χ2n) is 6.08. The molecule has 0 bridgehead atoms. The fourth-order valence-electron chi connectivity index (χ4n) is 2.87. The zero-order valence-electron chi connectivity index (χ0n) is 14.6. The Morgan fingerprint density at radius 2 is 1.59 bits per heavy atom. The van der Waals surface area contributed by atoms with Crippen molar-refractivity contribution < 1.29 is 19.2 Å². The van der Waals surface area contributed by atoms with Crippen LogP contribution in [0.3, 0.4) is 0 Å². The van der Waals surface area contributed by atoms with E-state index >= 15 is 0 Å². The minimum absolute atomic E-state index is 0.112. The minimum atomic E-state index is -0.679. The molecule has 3 rings (SSSR count). The summed E-state index contributed by atoms with van der Waals surface area (Å²) in [5.41, 5.74) is 1.18. The van der Waals surface area contributed by atoms with Crippen molar-refractivity contribution in [3.63, 3.8) is 0 Å². The highest BCUT2D eigenvalue weighted by Crippen LogP contribution is 2.16. The largest absolute Gasteiger partial charge is 0.452 e. The molecule has 1 aliphatic rings. The van der Waals surface area contributed by atoms with Crippen molar-refractivity contribution in [2.24, 2.45) is 0 Å². The molecule has 8 nitrogen and oxygen atoms in total. The fourth-order valence-corrected chi connectivity index (χ4v) is 2.87. The van der Waals surface area contributed by atoms with Gasteiger partial charge in [-0.25, -0.2) is 4.79 Å². The monoisotopic (exact) mass is 369 g/mol. The fraction of sp³-hybridized carbons (Fsp3) is 0.263. The Labute approximate surface area is 156 Å². The average Bonchev–Trinajstić information content (AvgIpc) is 2.72. The molecule has 0 saturated carbocycles. The van der Waals surface area contributed by atoms with E-state index < -0.39 is 10.9 Å². The number of para-hydroxylation sites is 1. The molecule has 0 spiro atoms. The van der Waals surface area contributed by atoms with Gasteiger partial charge in [-0.05, 0) is 24.3 Å². The van der Waals surface area contributed by atoms with Crippen LogP contribution in [0.25, 0.3) is 0 Å². The number of non-ortho nitro benzene ring substituents is 1. The summed E-state index contributed by atoms with van der Waals surface area (Å²) < 4.78 is 5.04. The predicted octanol–water partition coefficient (Wildman–Crippen LogP) is 2.10. The maximum atomic E-state index is 12.3. The number of piperazine rings is 1. The number of esters is 1. The highest BCUT2D eigenvalue weighted by Gasteiger charge is 2.22. The summed E-state index contributed by atoms with van der Waals surface area (Å²) in [5.74, 6) is -0.931.